The molecule has 0 radical (unpaired) electrons. The van der Waals surface area contributed by atoms with Crippen molar-refractivity contribution in [2.75, 3.05) is 14.2 Å². The summed E-state index contributed by atoms with van der Waals surface area (Å²) in [4.78, 5) is 0. The van der Waals surface area contributed by atoms with Gasteiger partial charge in [0.25, 0.3) is 0 Å². The third-order valence-corrected chi connectivity index (χ3v) is 10.2. The maximum atomic E-state index is 6.06. The molecule has 0 spiro atoms. The topological polar surface area (TPSA) is 18.5 Å². The molecule has 0 amide bonds. The largest absolute Gasteiger partial charge is 0.496 e. The van der Waals surface area contributed by atoms with E-state index >= 15 is 0 Å². The monoisotopic (exact) mass is 636 g/mol. The maximum Gasteiger partial charge on any atom is 0.127 e. The summed E-state index contributed by atoms with van der Waals surface area (Å²) >= 11 is 0. The Morgan fingerprint density at radius 1 is 0.396 bits per heavy atom. The summed E-state index contributed by atoms with van der Waals surface area (Å²) in [5, 5.41) is 7.44. The van der Waals surface area contributed by atoms with Crippen LogP contribution in [0.5, 0.6) is 11.5 Å². The highest BCUT2D eigenvalue weighted by molar-refractivity contribution is 5.99. The molecule has 0 heterocycles. The summed E-state index contributed by atoms with van der Waals surface area (Å²) in [6.45, 7) is 8.97. The van der Waals surface area contributed by atoms with Gasteiger partial charge < -0.3 is 9.47 Å². The third-order valence-electron chi connectivity index (χ3n) is 10.2. The second-order valence-corrected chi connectivity index (χ2v) is 13.8. The van der Waals surface area contributed by atoms with Crippen molar-refractivity contribution in [3.63, 3.8) is 0 Å². The normalized spacial score (nSPS) is 11.5. The van der Waals surface area contributed by atoms with Crippen LogP contribution in [0.1, 0.15) is 87.5 Å². The predicted molar refractivity (Wildman–Crippen MR) is 208 cm³/mol. The quantitative estimate of drug-likeness (QED) is 0.111. The molecule has 6 aromatic carbocycles. The van der Waals surface area contributed by atoms with Crippen LogP contribution in [-0.2, 0) is 12.8 Å². The molecule has 0 saturated carbocycles. The van der Waals surface area contributed by atoms with Gasteiger partial charge in [0.1, 0.15) is 11.5 Å². The van der Waals surface area contributed by atoms with E-state index in [0.29, 0.717) is 0 Å². The van der Waals surface area contributed by atoms with Gasteiger partial charge in [-0.15, -0.1) is 0 Å². The van der Waals surface area contributed by atoms with Crippen molar-refractivity contribution in [3.8, 4) is 33.8 Å². The van der Waals surface area contributed by atoms with Gasteiger partial charge in [-0.3, -0.25) is 0 Å². The van der Waals surface area contributed by atoms with Crippen molar-refractivity contribution in [3.05, 3.63) is 107 Å². The Balaban J connectivity index is 1.35. The first kappa shape index (κ1) is 33.6. The van der Waals surface area contributed by atoms with E-state index in [1.807, 2.05) is 0 Å². The van der Waals surface area contributed by atoms with Crippen LogP contribution < -0.4 is 9.47 Å². The summed E-state index contributed by atoms with van der Waals surface area (Å²) in [6.07, 6.45) is 12.6. The summed E-state index contributed by atoms with van der Waals surface area (Å²) in [5.74, 6) is 1.80. The summed E-state index contributed by atoms with van der Waals surface area (Å²) in [7, 11) is 3.57. The van der Waals surface area contributed by atoms with Gasteiger partial charge in [-0.1, -0.05) is 101 Å². The van der Waals surface area contributed by atoms with E-state index < -0.39 is 0 Å². The number of rotatable bonds is 14. The van der Waals surface area contributed by atoms with Gasteiger partial charge in [0.15, 0.2) is 0 Å². The Hall–Kier alpha value is -4.30. The number of methoxy groups -OCH3 is 2. The van der Waals surface area contributed by atoms with E-state index in [9.17, 15) is 0 Å². The Bertz CT molecular complexity index is 2050. The van der Waals surface area contributed by atoms with Crippen LogP contribution in [-0.4, -0.2) is 14.2 Å². The first-order valence-corrected chi connectivity index (χ1v) is 18.2. The minimum atomic E-state index is 0.893. The second kappa shape index (κ2) is 15.3. The molecule has 0 saturated heterocycles. The van der Waals surface area contributed by atoms with Crippen molar-refractivity contribution in [2.45, 2.75) is 91.9 Å². The van der Waals surface area contributed by atoms with Gasteiger partial charge in [-0.2, -0.15) is 0 Å². The number of benzene rings is 6. The average Bonchev–Trinajstić information content (AvgIpc) is 3.10. The van der Waals surface area contributed by atoms with E-state index in [1.165, 1.54) is 112 Å². The van der Waals surface area contributed by atoms with Crippen molar-refractivity contribution < 1.29 is 9.47 Å². The molecule has 0 atom stereocenters. The molecule has 0 aromatic heterocycles. The van der Waals surface area contributed by atoms with Crippen LogP contribution in [0, 0.1) is 13.8 Å². The molecule has 0 N–H and O–H groups in total. The highest BCUT2D eigenvalue weighted by Crippen LogP contribution is 2.42. The van der Waals surface area contributed by atoms with Crippen molar-refractivity contribution in [1.29, 1.82) is 0 Å². The number of aryl methyl sites for hydroxylation is 4. The molecule has 6 aromatic rings. The molecule has 0 aliphatic carbocycles. The van der Waals surface area contributed by atoms with Gasteiger partial charge in [-0.25, -0.2) is 0 Å². The minimum absolute atomic E-state index is 0.893. The molecular formula is C46H52O2. The van der Waals surface area contributed by atoms with Crippen LogP contribution in [0.25, 0.3) is 54.6 Å². The first-order valence-electron chi connectivity index (χ1n) is 18.2. The number of hydrogen-bond donors (Lipinski definition) is 0. The second-order valence-electron chi connectivity index (χ2n) is 13.8. The van der Waals surface area contributed by atoms with Crippen LogP contribution in [0.2, 0.25) is 0 Å². The Morgan fingerprint density at radius 3 is 1.27 bits per heavy atom. The predicted octanol–water partition coefficient (Wildman–Crippen LogP) is 13.4. The van der Waals surface area contributed by atoms with E-state index in [0.717, 1.165) is 40.9 Å². The summed E-state index contributed by atoms with van der Waals surface area (Å²) in [5.41, 5.74) is 10.00. The van der Waals surface area contributed by atoms with Crippen LogP contribution in [0.4, 0.5) is 0 Å². The van der Waals surface area contributed by atoms with E-state index in [1.54, 1.807) is 14.2 Å². The fourth-order valence-electron chi connectivity index (χ4n) is 7.39. The SMILES string of the molecule is CCCCCCc1ccc2cc(-c3cc4cc(C)c(-c5cc6ccc(CCCCCC)cc6cc5OC)cc4cc3OC)c(C)cc2c1. The van der Waals surface area contributed by atoms with Crippen LogP contribution >= 0.6 is 0 Å². The lowest BCUT2D eigenvalue weighted by atomic mass is 9.90. The molecule has 2 nitrogen and oxygen atoms in total. The van der Waals surface area contributed by atoms with Gasteiger partial charge >= 0.3 is 0 Å². The van der Waals surface area contributed by atoms with Crippen molar-refractivity contribution in [2.24, 2.45) is 0 Å². The van der Waals surface area contributed by atoms with Crippen molar-refractivity contribution in [1.82, 2.24) is 0 Å². The van der Waals surface area contributed by atoms with E-state index in [2.05, 4.69) is 113 Å². The van der Waals surface area contributed by atoms with E-state index in [-0.39, 0.29) is 0 Å². The van der Waals surface area contributed by atoms with Gasteiger partial charge in [0.2, 0.25) is 0 Å². The van der Waals surface area contributed by atoms with Gasteiger partial charge in [0, 0.05) is 11.1 Å². The molecule has 2 heteroatoms. The molecule has 0 fully saturated rings. The zero-order valence-corrected chi connectivity index (χ0v) is 30.0. The minimum Gasteiger partial charge on any atom is -0.496 e. The molecule has 0 unspecified atom stereocenters. The highest BCUT2D eigenvalue weighted by atomic mass is 16.5. The molecule has 48 heavy (non-hydrogen) atoms. The Kier molecular flexibility index (Phi) is 10.7. The lowest BCUT2D eigenvalue weighted by Gasteiger charge is -2.17. The zero-order valence-electron chi connectivity index (χ0n) is 30.0. The molecule has 6 rings (SSSR count). The maximum absolute atomic E-state index is 6.06. The van der Waals surface area contributed by atoms with Gasteiger partial charge in [-0.05, 0) is 142 Å². The molecule has 0 bridgehead atoms. The lowest BCUT2D eigenvalue weighted by molar-refractivity contribution is 0.417. The fraction of sp³-hybridized carbons (Fsp3) is 0.348. The van der Waals surface area contributed by atoms with Gasteiger partial charge in [0.05, 0.1) is 14.2 Å². The molecule has 248 valence electrons. The smallest absolute Gasteiger partial charge is 0.127 e. The molecular weight excluding hydrogens is 585 g/mol. The Labute approximate surface area is 288 Å². The van der Waals surface area contributed by atoms with Crippen LogP contribution in [0.15, 0.2) is 84.9 Å². The zero-order chi connectivity index (χ0) is 33.6. The number of fused-ring (bicyclic) bond motifs is 3. The average molecular weight is 637 g/mol. The summed E-state index contributed by atoms with van der Waals surface area (Å²) in [6, 6.07) is 32.2. The lowest BCUT2D eigenvalue weighted by Crippen LogP contribution is -1.94. The highest BCUT2D eigenvalue weighted by Gasteiger charge is 2.16. The number of unbranched alkanes of at least 4 members (excludes halogenated alkanes) is 6. The number of hydrogen-bond acceptors (Lipinski definition) is 2. The first-order chi connectivity index (χ1) is 23.4. The number of ether oxygens (including phenoxy) is 2. The fourth-order valence-corrected chi connectivity index (χ4v) is 7.39. The van der Waals surface area contributed by atoms with Crippen molar-refractivity contribution >= 4 is 32.3 Å². The molecule has 0 aliphatic rings. The van der Waals surface area contributed by atoms with E-state index in [4.69, 9.17) is 9.47 Å². The molecule has 0 aliphatic heterocycles. The third kappa shape index (κ3) is 7.24. The Morgan fingerprint density at radius 2 is 0.792 bits per heavy atom. The standard InChI is InChI=1S/C46H52O2/c1-7-9-11-13-15-33-17-19-35-25-41(31(3)21-37(35)23-33)44-28-38-22-32(4)42(27-40(38)30-46(44)48-6)43-26-36-20-18-34(16-14-12-10-8-2)24-39(36)29-45(43)47-5/h17-30H,7-16H2,1-6H3. The van der Waals surface area contributed by atoms with Crippen LogP contribution in [0.3, 0.4) is 0 Å². The summed E-state index contributed by atoms with van der Waals surface area (Å²) < 4.78 is 12.1.